The SMILES string of the molecule is CCCN(C1CC2CCC(C1)N2)C(C)C(C)C(=O)O. The number of piperidine rings is 1. The Morgan fingerprint density at radius 1 is 1.32 bits per heavy atom. The number of fused-ring (bicyclic) bond motifs is 2. The van der Waals surface area contributed by atoms with E-state index in [1.165, 1.54) is 25.7 Å². The van der Waals surface area contributed by atoms with Crippen LogP contribution in [0.2, 0.25) is 0 Å². The van der Waals surface area contributed by atoms with Gasteiger partial charge >= 0.3 is 5.97 Å². The summed E-state index contributed by atoms with van der Waals surface area (Å²) in [4.78, 5) is 13.7. The van der Waals surface area contributed by atoms with Crippen LogP contribution in [-0.4, -0.2) is 46.7 Å². The summed E-state index contributed by atoms with van der Waals surface area (Å²) in [5, 5.41) is 12.9. The van der Waals surface area contributed by atoms with Crippen LogP contribution in [0.3, 0.4) is 0 Å². The molecule has 110 valence electrons. The van der Waals surface area contributed by atoms with Crippen molar-refractivity contribution >= 4 is 5.97 Å². The van der Waals surface area contributed by atoms with Crippen LogP contribution in [0.15, 0.2) is 0 Å². The van der Waals surface area contributed by atoms with Crippen molar-refractivity contribution in [3.05, 3.63) is 0 Å². The maximum Gasteiger partial charge on any atom is 0.307 e. The van der Waals surface area contributed by atoms with Crippen molar-refractivity contribution in [2.24, 2.45) is 5.92 Å². The van der Waals surface area contributed by atoms with Gasteiger partial charge in [-0.15, -0.1) is 0 Å². The second-order valence-electron chi connectivity index (χ2n) is 6.37. The molecule has 4 unspecified atom stereocenters. The topological polar surface area (TPSA) is 52.6 Å². The first kappa shape index (κ1) is 14.8. The molecule has 0 spiro atoms. The zero-order valence-electron chi connectivity index (χ0n) is 12.4. The molecule has 0 aliphatic carbocycles. The zero-order valence-corrected chi connectivity index (χ0v) is 12.4. The molecule has 0 aromatic heterocycles. The first-order valence-electron chi connectivity index (χ1n) is 7.77. The Morgan fingerprint density at radius 2 is 1.89 bits per heavy atom. The highest BCUT2D eigenvalue weighted by atomic mass is 16.4. The summed E-state index contributed by atoms with van der Waals surface area (Å²) in [5.74, 6) is -0.968. The number of carbonyl (C=O) groups is 1. The number of carboxylic acid groups (broad SMARTS) is 1. The Morgan fingerprint density at radius 3 is 2.37 bits per heavy atom. The van der Waals surface area contributed by atoms with Crippen molar-refractivity contribution in [1.82, 2.24) is 10.2 Å². The van der Waals surface area contributed by atoms with Gasteiger partial charge < -0.3 is 10.4 Å². The predicted molar refractivity (Wildman–Crippen MR) is 76.2 cm³/mol. The summed E-state index contributed by atoms with van der Waals surface area (Å²) >= 11 is 0. The summed E-state index contributed by atoms with van der Waals surface area (Å²) in [6.07, 6.45) is 6.06. The average molecular weight is 268 g/mol. The molecule has 0 radical (unpaired) electrons. The molecular formula is C15H28N2O2. The maximum atomic E-state index is 11.2. The van der Waals surface area contributed by atoms with Crippen LogP contribution in [0.4, 0.5) is 0 Å². The van der Waals surface area contributed by atoms with Gasteiger partial charge in [-0.2, -0.15) is 0 Å². The molecule has 4 nitrogen and oxygen atoms in total. The zero-order chi connectivity index (χ0) is 14.0. The highest BCUT2D eigenvalue weighted by molar-refractivity contribution is 5.70. The highest BCUT2D eigenvalue weighted by Gasteiger charge is 2.38. The number of nitrogens with zero attached hydrogens (tertiary/aromatic N) is 1. The molecule has 0 aromatic rings. The van der Waals surface area contributed by atoms with E-state index in [1.807, 2.05) is 6.92 Å². The number of hydrogen-bond acceptors (Lipinski definition) is 3. The summed E-state index contributed by atoms with van der Waals surface area (Å²) < 4.78 is 0. The summed E-state index contributed by atoms with van der Waals surface area (Å²) in [7, 11) is 0. The molecule has 2 fully saturated rings. The van der Waals surface area contributed by atoms with Gasteiger partial charge in [0, 0.05) is 24.2 Å². The molecule has 2 rings (SSSR count). The van der Waals surface area contributed by atoms with Crippen molar-refractivity contribution < 1.29 is 9.90 Å². The van der Waals surface area contributed by atoms with Gasteiger partial charge in [0.05, 0.1) is 5.92 Å². The minimum absolute atomic E-state index is 0.125. The van der Waals surface area contributed by atoms with Crippen molar-refractivity contribution in [2.75, 3.05) is 6.54 Å². The molecule has 0 saturated carbocycles. The molecule has 2 N–H and O–H groups in total. The van der Waals surface area contributed by atoms with E-state index in [4.69, 9.17) is 0 Å². The number of rotatable bonds is 6. The van der Waals surface area contributed by atoms with E-state index >= 15 is 0 Å². The molecule has 2 aliphatic heterocycles. The molecule has 0 amide bonds. The lowest BCUT2D eigenvalue weighted by atomic mass is 9.93. The Bertz CT molecular complexity index is 309. The number of nitrogens with one attached hydrogen (secondary N) is 1. The Kier molecular flexibility index (Phi) is 4.85. The second kappa shape index (κ2) is 6.23. The van der Waals surface area contributed by atoms with E-state index in [2.05, 4.69) is 24.1 Å². The Balaban J connectivity index is 2.04. The summed E-state index contributed by atoms with van der Waals surface area (Å²) in [6.45, 7) is 7.12. The fraction of sp³-hybridized carbons (Fsp3) is 0.933. The fourth-order valence-corrected chi connectivity index (χ4v) is 3.77. The molecule has 4 atom stereocenters. The van der Waals surface area contributed by atoms with Crippen LogP contribution < -0.4 is 5.32 Å². The standard InChI is InChI=1S/C15H28N2O2/c1-4-7-17(11(3)10(2)15(18)19)14-8-12-5-6-13(9-14)16-12/h10-14,16H,4-9H2,1-3H3,(H,18,19). The quantitative estimate of drug-likeness (QED) is 0.774. The number of carboxylic acids is 1. The number of hydrogen-bond donors (Lipinski definition) is 2. The van der Waals surface area contributed by atoms with E-state index in [1.54, 1.807) is 0 Å². The van der Waals surface area contributed by atoms with Crippen molar-refractivity contribution in [1.29, 1.82) is 0 Å². The lowest BCUT2D eigenvalue weighted by Crippen LogP contribution is -2.53. The molecular weight excluding hydrogens is 240 g/mol. The van der Waals surface area contributed by atoms with Gasteiger partial charge in [0.2, 0.25) is 0 Å². The van der Waals surface area contributed by atoms with Crippen LogP contribution in [0.5, 0.6) is 0 Å². The monoisotopic (exact) mass is 268 g/mol. The van der Waals surface area contributed by atoms with E-state index < -0.39 is 5.97 Å². The van der Waals surface area contributed by atoms with Crippen molar-refractivity contribution in [3.8, 4) is 0 Å². The summed E-state index contributed by atoms with van der Waals surface area (Å²) in [5.41, 5.74) is 0. The minimum Gasteiger partial charge on any atom is -0.481 e. The van der Waals surface area contributed by atoms with E-state index in [0.29, 0.717) is 18.1 Å². The maximum absolute atomic E-state index is 11.2. The Hall–Kier alpha value is -0.610. The van der Waals surface area contributed by atoms with Gasteiger partial charge in [0.1, 0.15) is 0 Å². The molecule has 2 saturated heterocycles. The van der Waals surface area contributed by atoms with E-state index in [0.717, 1.165) is 13.0 Å². The largest absolute Gasteiger partial charge is 0.481 e. The van der Waals surface area contributed by atoms with Crippen LogP contribution in [-0.2, 0) is 4.79 Å². The molecule has 19 heavy (non-hydrogen) atoms. The Labute approximate surface area is 116 Å². The lowest BCUT2D eigenvalue weighted by Gasteiger charge is -2.42. The van der Waals surface area contributed by atoms with E-state index in [9.17, 15) is 9.90 Å². The van der Waals surface area contributed by atoms with Gasteiger partial charge in [-0.25, -0.2) is 0 Å². The molecule has 4 heteroatoms. The smallest absolute Gasteiger partial charge is 0.307 e. The molecule has 2 bridgehead atoms. The molecule has 2 aliphatic rings. The van der Waals surface area contributed by atoms with Crippen LogP contribution in [0.1, 0.15) is 52.9 Å². The van der Waals surface area contributed by atoms with Gasteiger partial charge in [-0.05, 0) is 45.6 Å². The fourth-order valence-electron chi connectivity index (χ4n) is 3.77. The normalized spacial score (nSPS) is 33.4. The summed E-state index contributed by atoms with van der Waals surface area (Å²) in [6, 6.07) is 2.02. The van der Waals surface area contributed by atoms with Gasteiger partial charge in [0.25, 0.3) is 0 Å². The van der Waals surface area contributed by atoms with Crippen LogP contribution in [0.25, 0.3) is 0 Å². The first-order valence-corrected chi connectivity index (χ1v) is 7.77. The van der Waals surface area contributed by atoms with Crippen LogP contribution in [0, 0.1) is 5.92 Å². The van der Waals surface area contributed by atoms with Crippen molar-refractivity contribution in [3.63, 3.8) is 0 Å². The minimum atomic E-state index is -0.675. The highest BCUT2D eigenvalue weighted by Crippen LogP contribution is 2.31. The van der Waals surface area contributed by atoms with Gasteiger partial charge in [-0.3, -0.25) is 9.69 Å². The molecule has 0 aromatic carbocycles. The van der Waals surface area contributed by atoms with Crippen molar-refractivity contribution in [2.45, 2.75) is 77.0 Å². The third kappa shape index (κ3) is 3.29. The first-order chi connectivity index (χ1) is 9.02. The lowest BCUT2D eigenvalue weighted by molar-refractivity contribution is -0.143. The number of aliphatic carboxylic acids is 1. The van der Waals surface area contributed by atoms with Gasteiger partial charge in [0.15, 0.2) is 0 Å². The van der Waals surface area contributed by atoms with Crippen LogP contribution >= 0.6 is 0 Å². The third-order valence-corrected chi connectivity index (χ3v) is 5.04. The average Bonchev–Trinajstić information content (AvgIpc) is 2.73. The second-order valence-corrected chi connectivity index (χ2v) is 6.37. The molecule has 2 heterocycles. The predicted octanol–water partition coefficient (Wildman–Crippen LogP) is 2.09. The van der Waals surface area contributed by atoms with Gasteiger partial charge in [-0.1, -0.05) is 13.8 Å². The third-order valence-electron chi connectivity index (χ3n) is 5.04. The van der Waals surface area contributed by atoms with E-state index in [-0.39, 0.29) is 12.0 Å².